The Balaban J connectivity index is 1.80. The molecule has 0 radical (unpaired) electrons. The number of hydrogen-bond acceptors (Lipinski definition) is 8. The highest BCUT2D eigenvalue weighted by Crippen LogP contribution is 2.25. The standard InChI is InChI=1S/C19H16ClN7O2S/c1-11(16-24-10-25-27(16)18-23-8-15(7-21)30-18)26-17(28)12-4-13(20)6-14(5-12)29-19(2,3)9-22/h4-6,8,10-11H,1-3H3,(H,26,28)/t11-/m0/s1. The number of benzene rings is 1. The highest BCUT2D eigenvalue weighted by Gasteiger charge is 2.22. The molecule has 9 nitrogen and oxygen atoms in total. The first-order valence-electron chi connectivity index (χ1n) is 8.70. The zero-order valence-corrected chi connectivity index (χ0v) is 17.8. The van der Waals surface area contributed by atoms with Gasteiger partial charge in [0.15, 0.2) is 11.4 Å². The van der Waals surface area contributed by atoms with Gasteiger partial charge in [0.25, 0.3) is 5.91 Å². The smallest absolute Gasteiger partial charge is 0.252 e. The molecule has 3 aromatic rings. The van der Waals surface area contributed by atoms with Gasteiger partial charge >= 0.3 is 0 Å². The lowest BCUT2D eigenvalue weighted by Gasteiger charge is -2.19. The summed E-state index contributed by atoms with van der Waals surface area (Å²) in [4.78, 5) is 21.6. The van der Waals surface area contributed by atoms with Crippen molar-refractivity contribution in [2.24, 2.45) is 0 Å². The fourth-order valence-corrected chi connectivity index (χ4v) is 3.43. The van der Waals surface area contributed by atoms with Crippen molar-refractivity contribution in [1.82, 2.24) is 25.1 Å². The molecule has 0 unspecified atom stereocenters. The molecule has 0 saturated heterocycles. The lowest BCUT2D eigenvalue weighted by atomic mass is 10.1. The summed E-state index contributed by atoms with van der Waals surface area (Å²) in [5.41, 5.74) is -0.803. The van der Waals surface area contributed by atoms with Gasteiger partial charge in [0.05, 0.1) is 12.2 Å². The van der Waals surface area contributed by atoms with Crippen molar-refractivity contribution in [3.63, 3.8) is 0 Å². The molecule has 0 bridgehead atoms. The first-order valence-corrected chi connectivity index (χ1v) is 9.90. The van der Waals surface area contributed by atoms with Crippen LogP contribution in [0, 0.1) is 22.7 Å². The van der Waals surface area contributed by atoms with Crippen molar-refractivity contribution >= 4 is 28.8 Å². The summed E-state index contributed by atoms with van der Waals surface area (Å²) in [5.74, 6) is 0.351. The van der Waals surface area contributed by atoms with Crippen molar-refractivity contribution in [1.29, 1.82) is 10.5 Å². The Morgan fingerprint density at radius 3 is 2.77 bits per heavy atom. The van der Waals surface area contributed by atoms with Gasteiger partial charge in [0, 0.05) is 10.6 Å². The first kappa shape index (κ1) is 21.2. The second-order valence-corrected chi connectivity index (χ2v) is 8.19. The summed E-state index contributed by atoms with van der Waals surface area (Å²) in [6.07, 6.45) is 2.80. The lowest BCUT2D eigenvalue weighted by Crippen LogP contribution is -2.29. The van der Waals surface area contributed by atoms with E-state index in [1.807, 2.05) is 12.1 Å². The third-order valence-electron chi connectivity index (χ3n) is 3.87. The van der Waals surface area contributed by atoms with E-state index in [2.05, 4.69) is 20.4 Å². The minimum absolute atomic E-state index is 0.269. The van der Waals surface area contributed by atoms with E-state index in [9.17, 15) is 4.79 Å². The number of amides is 1. The highest BCUT2D eigenvalue weighted by atomic mass is 35.5. The van der Waals surface area contributed by atoms with Crippen molar-refractivity contribution in [3.05, 3.63) is 52.0 Å². The average molecular weight is 442 g/mol. The molecular weight excluding hydrogens is 426 g/mol. The predicted octanol–water partition coefficient (Wildman–Crippen LogP) is 3.42. The van der Waals surface area contributed by atoms with Crippen LogP contribution in [0.25, 0.3) is 5.13 Å². The molecule has 0 spiro atoms. The minimum atomic E-state index is -1.07. The van der Waals surface area contributed by atoms with Gasteiger partial charge in [-0.25, -0.2) is 9.97 Å². The van der Waals surface area contributed by atoms with Crippen LogP contribution in [-0.2, 0) is 0 Å². The second kappa shape index (κ2) is 8.49. The Morgan fingerprint density at radius 1 is 1.33 bits per heavy atom. The largest absolute Gasteiger partial charge is 0.473 e. The van der Waals surface area contributed by atoms with Crippen LogP contribution in [0.15, 0.2) is 30.7 Å². The molecule has 1 N–H and O–H groups in total. The van der Waals surface area contributed by atoms with Crippen LogP contribution in [0.3, 0.4) is 0 Å². The number of nitrogens with one attached hydrogen (secondary N) is 1. The molecule has 0 saturated carbocycles. The van der Waals surface area contributed by atoms with Crippen LogP contribution in [0.5, 0.6) is 5.75 Å². The summed E-state index contributed by atoms with van der Waals surface area (Å²) in [6.45, 7) is 4.97. The molecule has 1 atom stereocenters. The number of halogens is 1. The average Bonchev–Trinajstić information content (AvgIpc) is 3.36. The number of carbonyl (C=O) groups excluding carboxylic acids is 1. The number of nitrogens with zero attached hydrogens (tertiary/aromatic N) is 6. The van der Waals surface area contributed by atoms with Gasteiger partial charge in [-0.1, -0.05) is 22.9 Å². The van der Waals surface area contributed by atoms with E-state index in [4.69, 9.17) is 26.9 Å². The van der Waals surface area contributed by atoms with E-state index < -0.39 is 17.6 Å². The summed E-state index contributed by atoms with van der Waals surface area (Å²) in [5, 5.41) is 25.9. The van der Waals surface area contributed by atoms with Gasteiger partial charge < -0.3 is 10.1 Å². The maximum atomic E-state index is 12.8. The van der Waals surface area contributed by atoms with Crippen LogP contribution >= 0.6 is 22.9 Å². The lowest BCUT2D eigenvalue weighted by molar-refractivity contribution is 0.0936. The number of nitriles is 2. The SMILES string of the molecule is C[C@H](NC(=O)c1cc(Cl)cc(OC(C)(C)C#N)c1)c1ncnn1-c1ncc(C#N)s1. The van der Waals surface area contributed by atoms with Crippen LogP contribution in [0.1, 0.15) is 47.9 Å². The Kier molecular flexibility index (Phi) is 6.01. The molecular formula is C19H16ClN7O2S. The minimum Gasteiger partial charge on any atom is -0.473 e. The Morgan fingerprint density at radius 2 is 2.10 bits per heavy atom. The molecule has 3 rings (SSSR count). The Hall–Kier alpha value is -3.47. The maximum absolute atomic E-state index is 12.8. The zero-order chi connectivity index (χ0) is 21.9. The molecule has 0 fully saturated rings. The summed E-state index contributed by atoms with van der Waals surface area (Å²) < 4.78 is 7.08. The van der Waals surface area contributed by atoms with Crippen molar-refractivity contribution < 1.29 is 9.53 Å². The summed E-state index contributed by atoms with van der Waals surface area (Å²) in [7, 11) is 0. The first-order chi connectivity index (χ1) is 14.2. The molecule has 2 heterocycles. The van der Waals surface area contributed by atoms with E-state index in [1.165, 1.54) is 35.4 Å². The fourth-order valence-electron chi connectivity index (χ4n) is 2.52. The molecule has 0 aliphatic heterocycles. The molecule has 0 aliphatic rings. The molecule has 152 valence electrons. The van der Waals surface area contributed by atoms with Crippen molar-refractivity contribution in [3.8, 4) is 23.0 Å². The number of ether oxygens (including phenoxy) is 1. The van der Waals surface area contributed by atoms with Gasteiger partial charge in [0.1, 0.15) is 29.1 Å². The van der Waals surface area contributed by atoms with Gasteiger partial charge in [0.2, 0.25) is 5.13 Å². The molecule has 2 aromatic heterocycles. The van der Waals surface area contributed by atoms with E-state index in [0.717, 1.165) is 11.3 Å². The van der Waals surface area contributed by atoms with Gasteiger partial charge in [-0.15, -0.1) is 0 Å². The maximum Gasteiger partial charge on any atom is 0.252 e. The monoisotopic (exact) mass is 441 g/mol. The number of carbonyl (C=O) groups is 1. The van der Waals surface area contributed by atoms with Crippen LogP contribution in [0.4, 0.5) is 0 Å². The number of aromatic nitrogens is 4. The quantitative estimate of drug-likeness (QED) is 0.620. The number of thiazole rings is 1. The van der Waals surface area contributed by atoms with E-state index >= 15 is 0 Å². The van der Waals surface area contributed by atoms with Crippen LogP contribution in [0.2, 0.25) is 5.02 Å². The molecule has 30 heavy (non-hydrogen) atoms. The van der Waals surface area contributed by atoms with Crippen molar-refractivity contribution in [2.75, 3.05) is 0 Å². The van der Waals surface area contributed by atoms with Crippen LogP contribution in [-0.4, -0.2) is 31.3 Å². The van der Waals surface area contributed by atoms with Gasteiger partial charge in [-0.05, 0) is 39.0 Å². The third-order valence-corrected chi connectivity index (χ3v) is 4.97. The van der Waals surface area contributed by atoms with Crippen LogP contribution < -0.4 is 10.1 Å². The second-order valence-electron chi connectivity index (χ2n) is 6.74. The topological polar surface area (TPSA) is 130 Å². The van der Waals surface area contributed by atoms with E-state index in [0.29, 0.717) is 26.6 Å². The Labute approximate surface area is 181 Å². The van der Waals surface area contributed by atoms with Crippen molar-refractivity contribution in [2.45, 2.75) is 32.4 Å². The molecule has 1 aromatic carbocycles. The van der Waals surface area contributed by atoms with E-state index in [-0.39, 0.29) is 5.56 Å². The van der Waals surface area contributed by atoms with Gasteiger partial charge in [-0.2, -0.15) is 20.3 Å². The molecule has 1 amide bonds. The molecule has 0 aliphatic carbocycles. The fraction of sp³-hybridized carbons (Fsp3) is 0.263. The number of hydrogen-bond donors (Lipinski definition) is 1. The van der Waals surface area contributed by atoms with Gasteiger partial charge in [-0.3, -0.25) is 4.79 Å². The summed E-state index contributed by atoms with van der Waals surface area (Å²) in [6, 6.07) is 8.08. The number of rotatable bonds is 6. The predicted molar refractivity (Wildman–Crippen MR) is 109 cm³/mol. The summed E-state index contributed by atoms with van der Waals surface area (Å²) >= 11 is 7.28. The molecule has 11 heteroatoms. The zero-order valence-electron chi connectivity index (χ0n) is 16.3. The normalized spacial score (nSPS) is 11.9. The Bertz CT molecular complexity index is 1170. The van der Waals surface area contributed by atoms with E-state index in [1.54, 1.807) is 20.8 Å². The third kappa shape index (κ3) is 4.74. The highest BCUT2D eigenvalue weighted by molar-refractivity contribution is 7.14.